The van der Waals surface area contributed by atoms with Crippen LogP contribution in [0.5, 0.6) is 0 Å². The topological polar surface area (TPSA) is 38.7 Å². The van der Waals surface area contributed by atoms with E-state index in [-0.39, 0.29) is 11.7 Å². The highest BCUT2D eigenvalue weighted by Gasteiger charge is 2.36. The first-order valence-corrected chi connectivity index (χ1v) is 4.71. The number of Topliss-reactive ketones (excluding diaryl/α,β-unsaturated/α-hetero) is 1. The first-order chi connectivity index (χ1) is 6.86. The van der Waals surface area contributed by atoms with Gasteiger partial charge in [0.1, 0.15) is 5.92 Å². The molecule has 1 atom stereocenters. The Hall–Kier alpha value is -1.64. The Morgan fingerprint density at radius 3 is 3.14 bits per heavy atom. The second-order valence-electron chi connectivity index (χ2n) is 3.52. The largest absolute Gasteiger partial charge is 0.480 e. The Balaban J connectivity index is 2.20. The number of ether oxygens (including phenoxy) is 1. The number of hydrogen-bond donors (Lipinski definition) is 0. The summed E-state index contributed by atoms with van der Waals surface area (Å²) in [6.45, 7) is 0.614. The van der Waals surface area contributed by atoms with Crippen LogP contribution in [-0.4, -0.2) is 18.3 Å². The second kappa shape index (κ2) is 2.67. The first-order valence-electron chi connectivity index (χ1n) is 4.71. The third-order valence-corrected chi connectivity index (χ3v) is 2.67. The van der Waals surface area contributed by atoms with Crippen LogP contribution in [0.3, 0.4) is 0 Å². The van der Waals surface area contributed by atoms with Crippen LogP contribution in [0, 0.1) is 5.92 Å². The van der Waals surface area contributed by atoms with Crippen molar-refractivity contribution in [3.63, 3.8) is 0 Å². The minimum absolute atomic E-state index is 0.120. The molecule has 0 radical (unpaired) electrons. The van der Waals surface area contributed by atoms with Crippen LogP contribution in [0.1, 0.15) is 16.8 Å². The fourth-order valence-electron chi connectivity index (χ4n) is 1.94. The maximum Gasteiger partial charge on any atom is 0.199 e. The molecule has 2 aliphatic rings. The lowest BCUT2D eigenvalue weighted by atomic mass is 9.92. The van der Waals surface area contributed by atoms with E-state index in [1.165, 1.54) is 0 Å². The third-order valence-electron chi connectivity index (χ3n) is 2.67. The predicted molar refractivity (Wildman–Crippen MR) is 51.9 cm³/mol. The number of fused-ring (bicyclic) bond motifs is 2. The van der Waals surface area contributed by atoms with Gasteiger partial charge in [-0.05, 0) is 12.1 Å². The van der Waals surface area contributed by atoms with Gasteiger partial charge in [-0.3, -0.25) is 4.79 Å². The maximum absolute atomic E-state index is 11.9. The molecule has 1 aromatic rings. The second-order valence-corrected chi connectivity index (χ2v) is 3.52. The van der Waals surface area contributed by atoms with E-state index in [0.29, 0.717) is 12.5 Å². The monoisotopic (exact) mass is 187 g/mol. The summed E-state index contributed by atoms with van der Waals surface area (Å²) >= 11 is 0. The molecule has 70 valence electrons. The van der Waals surface area contributed by atoms with Crippen molar-refractivity contribution in [3.8, 4) is 0 Å². The Kier molecular flexibility index (Phi) is 1.48. The minimum Gasteiger partial charge on any atom is -0.480 e. The molecule has 3 rings (SSSR count). The van der Waals surface area contributed by atoms with Crippen molar-refractivity contribution in [1.82, 2.24) is 0 Å². The summed E-state index contributed by atoms with van der Waals surface area (Å²) in [5.41, 5.74) is 1.47. The normalized spacial score (nSPS) is 23.6. The van der Waals surface area contributed by atoms with Crippen LogP contribution in [0.25, 0.3) is 0 Å². The van der Waals surface area contributed by atoms with Gasteiger partial charge in [-0.25, -0.2) is 4.99 Å². The van der Waals surface area contributed by atoms with E-state index >= 15 is 0 Å². The smallest absolute Gasteiger partial charge is 0.199 e. The predicted octanol–water partition coefficient (Wildman–Crippen LogP) is 1.95. The van der Waals surface area contributed by atoms with Gasteiger partial charge in [0.2, 0.25) is 0 Å². The van der Waals surface area contributed by atoms with Gasteiger partial charge >= 0.3 is 0 Å². The Labute approximate surface area is 81.4 Å². The van der Waals surface area contributed by atoms with E-state index in [0.717, 1.165) is 17.7 Å². The number of benzene rings is 1. The molecule has 0 bridgehead atoms. The molecule has 2 aliphatic heterocycles. The number of rotatable bonds is 0. The number of hydrogen-bond acceptors (Lipinski definition) is 3. The minimum atomic E-state index is -0.120. The van der Waals surface area contributed by atoms with Gasteiger partial charge in [0.25, 0.3) is 0 Å². The van der Waals surface area contributed by atoms with E-state index < -0.39 is 0 Å². The molecule has 2 heterocycles. The zero-order chi connectivity index (χ0) is 9.54. The van der Waals surface area contributed by atoms with Gasteiger partial charge in [0.15, 0.2) is 11.7 Å². The van der Waals surface area contributed by atoms with Crippen LogP contribution in [0.2, 0.25) is 0 Å². The van der Waals surface area contributed by atoms with Crippen molar-refractivity contribution in [1.29, 1.82) is 0 Å². The highest BCUT2D eigenvalue weighted by Crippen LogP contribution is 2.32. The molecule has 0 amide bonds. The Morgan fingerprint density at radius 2 is 2.21 bits per heavy atom. The summed E-state index contributed by atoms with van der Waals surface area (Å²) in [6.07, 6.45) is 0.770. The molecule has 0 aromatic heterocycles. The highest BCUT2D eigenvalue weighted by atomic mass is 16.5. The average Bonchev–Trinajstić information content (AvgIpc) is 2.66. The quantitative estimate of drug-likeness (QED) is 0.622. The van der Waals surface area contributed by atoms with Crippen molar-refractivity contribution in [2.45, 2.75) is 6.42 Å². The number of para-hydroxylation sites is 1. The molecular formula is C11H9NO2. The van der Waals surface area contributed by atoms with Gasteiger partial charge < -0.3 is 4.74 Å². The number of ketones is 1. The SMILES string of the molecule is O=C1c2ccccc2N=C2OCCC12. The standard InChI is InChI=1S/C11H9NO2/c13-10-7-3-1-2-4-9(7)12-11-8(10)5-6-14-11/h1-4,8H,5-6H2. The van der Waals surface area contributed by atoms with E-state index in [9.17, 15) is 4.79 Å². The molecular weight excluding hydrogens is 178 g/mol. The van der Waals surface area contributed by atoms with Gasteiger partial charge in [0, 0.05) is 12.0 Å². The van der Waals surface area contributed by atoms with Crippen LogP contribution in [0.15, 0.2) is 29.3 Å². The lowest BCUT2D eigenvalue weighted by Gasteiger charge is -2.15. The summed E-state index contributed by atoms with van der Waals surface area (Å²) in [5.74, 6) is 0.640. The van der Waals surface area contributed by atoms with E-state index in [4.69, 9.17) is 4.74 Å². The molecule has 3 heteroatoms. The summed E-state index contributed by atoms with van der Waals surface area (Å²) in [7, 11) is 0. The van der Waals surface area contributed by atoms with Crippen LogP contribution >= 0.6 is 0 Å². The lowest BCUT2D eigenvalue weighted by Crippen LogP contribution is -2.23. The summed E-state index contributed by atoms with van der Waals surface area (Å²) in [4.78, 5) is 16.3. The lowest BCUT2D eigenvalue weighted by molar-refractivity contribution is 0.0954. The zero-order valence-corrected chi connectivity index (χ0v) is 7.56. The fraction of sp³-hybridized carbons (Fsp3) is 0.273. The number of carbonyl (C=O) groups is 1. The summed E-state index contributed by atoms with van der Waals surface area (Å²) in [5, 5.41) is 0. The Morgan fingerprint density at radius 1 is 1.36 bits per heavy atom. The molecule has 0 saturated carbocycles. The summed E-state index contributed by atoms with van der Waals surface area (Å²) in [6, 6.07) is 7.42. The van der Waals surface area contributed by atoms with Gasteiger partial charge in [-0.2, -0.15) is 0 Å². The van der Waals surface area contributed by atoms with Crippen molar-refractivity contribution in [2.24, 2.45) is 10.9 Å². The van der Waals surface area contributed by atoms with Crippen molar-refractivity contribution in [2.75, 3.05) is 6.61 Å². The Bertz CT molecular complexity index is 437. The molecule has 1 saturated heterocycles. The van der Waals surface area contributed by atoms with Crippen LogP contribution in [0.4, 0.5) is 5.69 Å². The number of nitrogens with zero attached hydrogens (tertiary/aromatic N) is 1. The number of aliphatic imine (C=N–C) groups is 1. The zero-order valence-electron chi connectivity index (χ0n) is 7.56. The van der Waals surface area contributed by atoms with Crippen LogP contribution < -0.4 is 0 Å². The number of carbonyl (C=O) groups excluding carboxylic acids is 1. The molecule has 0 N–H and O–H groups in total. The molecule has 0 aliphatic carbocycles. The van der Waals surface area contributed by atoms with Gasteiger partial charge in [-0.1, -0.05) is 12.1 Å². The molecule has 3 nitrogen and oxygen atoms in total. The van der Waals surface area contributed by atoms with Crippen molar-refractivity contribution >= 4 is 17.4 Å². The maximum atomic E-state index is 11.9. The highest BCUT2D eigenvalue weighted by molar-refractivity contribution is 6.16. The van der Waals surface area contributed by atoms with Crippen molar-refractivity contribution < 1.29 is 9.53 Å². The fourth-order valence-corrected chi connectivity index (χ4v) is 1.94. The molecule has 1 aromatic carbocycles. The van der Waals surface area contributed by atoms with E-state index in [1.807, 2.05) is 24.3 Å². The van der Waals surface area contributed by atoms with E-state index in [2.05, 4.69) is 4.99 Å². The van der Waals surface area contributed by atoms with Gasteiger partial charge in [0.05, 0.1) is 12.3 Å². The first kappa shape index (κ1) is 7.74. The van der Waals surface area contributed by atoms with Crippen LogP contribution in [-0.2, 0) is 4.74 Å². The average molecular weight is 187 g/mol. The molecule has 1 fully saturated rings. The third kappa shape index (κ3) is 0.923. The molecule has 0 spiro atoms. The van der Waals surface area contributed by atoms with E-state index in [1.54, 1.807) is 0 Å². The van der Waals surface area contributed by atoms with Crippen molar-refractivity contribution in [3.05, 3.63) is 29.8 Å². The summed E-state index contributed by atoms with van der Waals surface area (Å²) < 4.78 is 5.31. The van der Waals surface area contributed by atoms with Gasteiger partial charge in [-0.15, -0.1) is 0 Å². The molecule has 1 unspecified atom stereocenters. The molecule has 14 heavy (non-hydrogen) atoms.